The number of amidine groups is 2. The van der Waals surface area contributed by atoms with Crippen molar-refractivity contribution >= 4 is 68.6 Å². The fourth-order valence-corrected chi connectivity index (χ4v) is 12.9. The zero-order chi connectivity index (χ0) is 50.7. The first-order valence-corrected chi connectivity index (χ1v) is 27.2. The van der Waals surface area contributed by atoms with Crippen LogP contribution in [0.5, 0.6) is 0 Å². The quantitative estimate of drug-likeness (QED) is 0.0853. The van der Waals surface area contributed by atoms with Gasteiger partial charge in [-0.2, -0.15) is 9.15 Å². The van der Waals surface area contributed by atoms with Gasteiger partial charge in [0.05, 0.1) is 25.7 Å². The molecule has 76 heavy (non-hydrogen) atoms. The van der Waals surface area contributed by atoms with Crippen molar-refractivity contribution < 1.29 is 18.3 Å². The number of hydrogen-bond donors (Lipinski definition) is 0. The van der Waals surface area contributed by atoms with E-state index in [1.54, 1.807) is 0 Å². The predicted octanol–water partition coefficient (Wildman–Crippen LogP) is 12.6. The van der Waals surface area contributed by atoms with Crippen LogP contribution in [0.2, 0.25) is 0 Å². The van der Waals surface area contributed by atoms with Crippen LogP contribution in [-0.4, -0.2) is 66.9 Å². The fourth-order valence-electron chi connectivity index (χ4n) is 12.9. The smallest absolute Gasteiger partial charge is 0.209 e. The molecule has 6 aliphatic rings. The summed E-state index contributed by atoms with van der Waals surface area (Å²) >= 11 is 0. The Kier molecular flexibility index (Phi) is 11.6. The zero-order valence-electron chi connectivity index (χ0n) is 43.5. The first-order chi connectivity index (χ1) is 37.4. The molecule has 6 aliphatic heterocycles. The third-order valence-corrected chi connectivity index (χ3v) is 17.0. The van der Waals surface area contributed by atoms with Gasteiger partial charge in [-0.05, 0) is 34.4 Å². The zero-order valence-corrected chi connectivity index (χ0v) is 43.5. The minimum atomic E-state index is 0.722. The molecule has 0 spiro atoms. The van der Waals surface area contributed by atoms with Crippen LogP contribution in [0.25, 0.3) is 0 Å². The minimum Gasteiger partial charge on any atom is -0.323 e. The molecule has 0 aromatic heterocycles. The van der Waals surface area contributed by atoms with E-state index in [2.05, 4.69) is 236 Å². The number of nitrogens with zero attached hydrogens (tertiary/aromatic N) is 8. The molecule has 0 fully saturated rings. The molecule has 0 saturated carbocycles. The number of rotatable bonds is 13. The van der Waals surface area contributed by atoms with Gasteiger partial charge in [0.2, 0.25) is 22.7 Å². The summed E-state index contributed by atoms with van der Waals surface area (Å²) in [6.07, 6.45) is 7.44. The molecular formula is C68H62N8+4. The molecule has 0 atom stereocenters. The van der Waals surface area contributed by atoms with Crippen LogP contribution in [0.3, 0.4) is 0 Å². The number of benzene rings is 8. The predicted molar refractivity (Wildman–Crippen MR) is 309 cm³/mol. The van der Waals surface area contributed by atoms with Crippen molar-refractivity contribution in [3.63, 3.8) is 0 Å². The van der Waals surface area contributed by atoms with Crippen LogP contribution >= 0.6 is 0 Å². The van der Waals surface area contributed by atoms with Crippen LogP contribution in [0, 0.1) is 0 Å². The summed E-state index contributed by atoms with van der Waals surface area (Å²) in [5, 5.41) is 10.3. The minimum absolute atomic E-state index is 0.722. The molecule has 370 valence electrons. The summed E-state index contributed by atoms with van der Waals surface area (Å²) in [7, 11) is 4.46. The second-order valence-electron chi connectivity index (χ2n) is 21.6. The summed E-state index contributed by atoms with van der Waals surface area (Å²) in [6.45, 7) is 3.13. The molecule has 0 radical (unpaired) electrons. The molecule has 14 rings (SSSR count). The third kappa shape index (κ3) is 8.52. The highest BCUT2D eigenvalue weighted by Crippen LogP contribution is 2.36. The molecular weight excluding hydrogens is 929 g/mol. The molecule has 8 nitrogen and oxygen atoms in total. The van der Waals surface area contributed by atoms with E-state index >= 15 is 0 Å². The van der Waals surface area contributed by atoms with Gasteiger partial charge in [-0.1, -0.05) is 158 Å². The first-order valence-electron chi connectivity index (χ1n) is 27.2. The molecule has 0 saturated heterocycles. The maximum absolute atomic E-state index is 5.16. The number of anilines is 2. The summed E-state index contributed by atoms with van der Waals surface area (Å²) in [4.78, 5) is 4.75. The second kappa shape index (κ2) is 19.3. The Morgan fingerprint density at radius 2 is 0.645 bits per heavy atom. The summed E-state index contributed by atoms with van der Waals surface area (Å²) in [5.41, 5.74) is 27.0. The lowest BCUT2D eigenvalue weighted by molar-refractivity contribution is -0.456. The van der Waals surface area contributed by atoms with E-state index in [-0.39, 0.29) is 0 Å². The Morgan fingerprint density at radius 3 is 1.04 bits per heavy atom. The molecule has 8 aromatic carbocycles. The monoisotopic (exact) mass is 991 g/mol. The molecule has 8 heteroatoms. The van der Waals surface area contributed by atoms with Crippen LogP contribution in [-0.2, 0) is 64.7 Å². The summed E-state index contributed by atoms with van der Waals surface area (Å²) in [5.74, 6) is 1.95. The Hall–Kier alpha value is -8.62. The van der Waals surface area contributed by atoms with Gasteiger partial charge < -0.3 is 9.80 Å². The number of hydrogen-bond acceptors (Lipinski definition) is 2. The van der Waals surface area contributed by atoms with Crippen molar-refractivity contribution in [2.75, 3.05) is 23.9 Å². The third-order valence-electron chi connectivity index (χ3n) is 17.0. The van der Waals surface area contributed by atoms with E-state index in [1.807, 2.05) is 0 Å². The van der Waals surface area contributed by atoms with Crippen molar-refractivity contribution in [3.05, 3.63) is 250 Å². The number of para-hydroxylation sites is 6. The maximum atomic E-state index is 5.16. The van der Waals surface area contributed by atoms with Crippen LogP contribution < -0.4 is 9.80 Å². The van der Waals surface area contributed by atoms with Crippen molar-refractivity contribution in [1.29, 1.82) is 0 Å². The maximum Gasteiger partial charge on any atom is 0.209 e. The Balaban J connectivity index is 0.695. The van der Waals surface area contributed by atoms with Crippen molar-refractivity contribution in [1.82, 2.24) is 0 Å². The van der Waals surface area contributed by atoms with E-state index in [4.69, 9.17) is 10.2 Å². The van der Waals surface area contributed by atoms with Crippen molar-refractivity contribution in [2.24, 2.45) is 10.2 Å². The van der Waals surface area contributed by atoms with Crippen LogP contribution in [0.4, 0.5) is 34.1 Å². The van der Waals surface area contributed by atoms with E-state index < -0.39 is 0 Å². The molecule has 0 N–H and O–H groups in total. The average molecular weight is 991 g/mol. The molecule has 0 bridgehead atoms. The molecule has 0 amide bonds. The van der Waals surface area contributed by atoms with E-state index in [9.17, 15) is 0 Å². The van der Waals surface area contributed by atoms with Crippen LogP contribution in [0.1, 0.15) is 68.5 Å². The average Bonchev–Trinajstić information content (AvgIpc) is 4.31. The largest absolute Gasteiger partial charge is 0.323 e. The Bertz CT molecular complexity index is 3600. The van der Waals surface area contributed by atoms with Gasteiger partial charge in [-0.25, -0.2) is 9.15 Å². The second-order valence-corrected chi connectivity index (χ2v) is 21.6. The first kappa shape index (κ1) is 46.0. The van der Waals surface area contributed by atoms with Crippen molar-refractivity contribution in [3.8, 4) is 0 Å². The standard InChI is InChI=1S/C68H62N8/c1-71-57(35-51-15-3-9-21-61(51)71)41-59-37-53-17-5-11-23-63(53)73(59)43-47-27-31-49(32-28-47)45-75-65-25-13-7-19-55(65)39-67(75)69-70-68-40-56-20-8-14-26-66(56)76(68)46-50-33-29-48(30-34-50)44-74-60(38-54-18-6-12-24-64(54)74)42-58-36-52-16-4-10-22-62(52)72(58)2/h3-34H,35-46H2,1-2H3/q+4/b69-67-,70-68-. The summed E-state index contributed by atoms with van der Waals surface area (Å²) in [6, 6.07) is 71.6. The van der Waals surface area contributed by atoms with Gasteiger partial charge >= 0.3 is 0 Å². The number of fused-ring (bicyclic) bond motifs is 6. The van der Waals surface area contributed by atoms with Gasteiger partial charge in [0.1, 0.15) is 38.6 Å². The van der Waals surface area contributed by atoms with E-state index in [0.29, 0.717) is 0 Å². The molecule has 0 aliphatic carbocycles. The Morgan fingerprint density at radius 1 is 0.329 bits per heavy atom. The highest BCUT2D eigenvalue weighted by atomic mass is 15.4. The van der Waals surface area contributed by atoms with E-state index in [0.717, 1.165) is 89.2 Å². The summed E-state index contributed by atoms with van der Waals surface area (Å²) < 4.78 is 9.98. The lowest BCUT2D eigenvalue weighted by atomic mass is 10.0. The molecule has 0 unspecified atom stereocenters. The van der Waals surface area contributed by atoms with Crippen LogP contribution in [0.15, 0.2) is 204 Å². The molecule has 6 heterocycles. The lowest BCUT2D eigenvalue weighted by Gasteiger charge is -2.21. The Labute approximate surface area is 446 Å². The normalized spacial score (nSPS) is 17.1. The highest BCUT2D eigenvalue weighted by molar-refractivity contribution is 6.08. The highest BCUT2D eigenvalue weighted by Gasteiger charge is 2.37. The topological polar surface area (TPSA) is 43.2 Å². The lowest BCUT2D eigenvalue weighted by Crippen LogP contribution is -2.28. The van der Waals surface area contributed by atoms with Gasteiger partial charge in [0.15, 0.2) is 35.9 Å². The van der Waals surface area contributed by atoms with E-state index in [1.165, 1.54) is 113 Å². The van der Waals surface area contributed by atoms with Gasteiger partial charge in [-0.3, -0.25) is 0 Å². The van der Waals surface area contributed by atoms with Gasteiger partial charge in [-0.15, -0.1) is 10.2 Å². The SMILES string of the molecule is C[N+]1=C(CC2=[N+](Cc3ccc(CN4/C(=N\N=C5\Cc6ccccc6N5Cc5ccc(C[N+]6=C(CC7=[N+](C)c8ccccc8C7)Cc7ccccc76)cc5)Cc5ccccc54)cc3)c3ccccc3C2)Cc2ccccc21. The van der Waals surface area contributed by atoms with Gasteiger partial charge in [0, 0.05) is 95.0 Å². The van der Waals surface area contributed by atoms with Crippen molar-refractivity contribution in [2.45, 2.75) is 77.5 Å². The van der Waals surface area contributed by atoms with Gasteiger partial charge in [0.25, 0.3) is 0 Å². The molecule has 8 aromatic rings. The fraction of sp³-hybridized carbons (Fsp3) is 0.206.